The van der Waals surface area contributed by atoms with Gasteiger partial charge in [-0.3, -0.25) is 5.10 Å². The van der Waals surface area contributed by atoms with Gasteiger partial charge in [0.2, 0.25) is 0 Å². The molecule has 1 aromatic rings. The molecule has 0 aliphatic carbocycles. The van der Waals surface area contributed by atoms with Crippen LogP contribution in [0, 0.1) is 6.42 Å². The lowest BCUT2D eigenvalue weighted by Crippen LogP contribution is -2.33. The molecule has 4 heteroatoms. The summed E-state index contributed by atoms with van der Waals surface area (Å²) < 4.78 is 0. The third kappa shape index (κ3) is 3.87. The van der Waals surface area contributed by atoms with Crippen LogP contribution in [0.3, 0.4) is 0 Å². The van der Waals surface area contributed by atoms with E-state index in [1.165, 1.54) is 37.6 Å². The summed E-state index contributed by atoms with van der Waals surface area (Å²) in [5, 5.41) is 6.96. The highest BCUT2D eigenvalue weighted by Crippen LogP contribution is 2.10. The minimum Gasteiger partial charge on any atom is -0.302 e. The fourth-order valence-electron chi connectivity index (χ4n) is 1.75. The van der Waals surface area contributed by atoms with Crippen LogP contribution < -0.4 is 0 Å². The molecule has 1 aromatic heterocycles. The molecular formula is C11H18N3S. The zero-order valence-corrected chi connectivity index (χ0v) is 9.80. The number of rotatable bonds is 5. The highest BCUT2D eigenvalue weighted by atomic mass is 32.2. The normalized spacial score (nSPS) is 18.1. The van der Waals surface area contributed by atoms with Crippen molar-refractivity contribution < 1.29 is 0 Å². The summed E-state index contributed by atoms with van der Waals surface area (Å²) in [7, 11) is 0. The molecule has 0 saturated carbocycles. The maximum absolute atomic E-state index is 4.13. The van der Waals surface area contributed by atoms with Crippen LogP contribution in [-0.2, 0) is 6.42 Å². The number of aromatic amines is 1. The largest absolute Gasteiger partial charge is 0.302 e. The Hall–Kier alpha value is -0.480. The zero-order valence-electron chi connectivity index (χ0n) is 8.98. The van der Waals surface area contributed by atoms with Crippen molar-refractivity contribution in [3.05, 3.63) is 24.4 Å². The second-order valence-corrected chi connectivity index (χ2v) is 5.03. The fourth-order valence-corrected chi connectivity index (χ4v) is 2.73. The predicted octanol–water partition coefficient (Wildman–Crippen LogP) is 1.60. The highest BCUT2D eigenvalue weighted by Gasteiger charge is 2.09. The predicted molar refractivity (Wildman–Crippen MR) is 65.0 cm³/mol. The molecule has 1 radical (unpaired) electrons. The number of hydrogen-bond acceptors (Lipinski definition) is 3. The molecule has 15 heavy (non-hydrogen) atoms. The highest BCUT2D eigenvalue weighted by molar-refractivity contribution is 7.99. The maximum Gasteiger partial charge on any atom is 0.0624 e. The molecule has 0 spiro atoms. The van der Waals surface area contributed by atoms with E-state index in [0.29, 0.717) is 0 Å². The minimum atomic E-state index is 0.992. The summed E-state index contributed by atoms with van der Waals surface area (Å²) in [4.78, 5) is 2.55. The lowest BCUT2D eigenvalue weighted by atomic mass is 10.2. The van der Waals surface area contributed by atoms with Gasteiger partial charge in [0.05, 0.1) is 5.69 Å². The van der Waals surface area contributed by atoms with Crippen LogP contribution in [0.1, 0.15) is 12.1 Å². The van der Waals surface area contributed by atoms with Crippen LogP contribution in [0.2, 0.25) is 0 Å². The Morgan fingerprint density at radius 2 is 2.33 bits per heavy atom. The van der Waals surface area contributed by atoms with Crippen molar-refractivity contribution in [2.45, 2.75) is 12.8 Å². The van der Waals surface area contributed by atoms with Crippen LogP contribution in [0.25, 0.3) is 0 Å². The van der Waals surface area contributed by atoms with Gasteiger partial charge >= 0.3 is 0 Å². The topological polar surface area (TPSA) is 31.9 Å². The van der Waals surface area contributed by atoms with Gasteiger partial charge in [-0.25, -0.2) is 0 Å². The van der Waals surface area contributed by atoms with Crippen molar-refractivity contribution in [2.75, 3.05) is 31.1 Å². The molecule has 1 saturated heterocycles. The molecule has 1 N–H and O–H groups in total. The summed E-state index contributed by atoms with van der Waals surface area (Å²) in [6, 6.07) is 2.04. The van der Waals surface area contributed by atoms with Crippen molar-refractivity contribution in [3.63, 3.8) is 0 Å². The van der Waals surface area contributed by atoms with Crippen molar-refractivity contribution in [1.82, 2.24) is 15.1 Å². The first kappa shape index (κ1) is 11.0. The van der Waals surface area contributed by atoms with E-state index in [9.17, 15) is 0 Å². The third-order valence-electron chi connectivity index (χ3n) is 2.67. The smallest absolute Gasteiger partial charge is 0.0624 e. The molecule has 2 heterocycles. The van der Waals surface area contributed by atoms with E-state index in [2.05, 4.69) is 33.3 Å². The summed E-state index contributed by atoms with van der Waals surface area (Å²) >= 11 is 2.07. The molecule has 0 bridgehead atoms. The van der Waals surface area contributed by atoms with E-state index in [4.69, 9.17) is 0 Å². The lowest BCUT2D eigenvalue weighted by molar-refractivity contribution is 0.305. The molecule has 1 aliphatic rings. The Balaban J connectivity index is 1.54. The molecule has 83 valence electrons. The number of H-pyrrole nitrogens is 1. The van der Waals surface area contributed by atoms with Gasteiger partial charge in [-0.05, 0) is 31.9 Å². The van der Waals surface area contributed by atoms with Crippen LogP contribution in [-0.4, -0.2) is 46.2 Å². The van der Waals surface area contributed by atoms with E-state index in [1.54, 1.807) is 0 Å². The molecule has 1 fully saturated rings. The SMILES string of the molecule is [CH](CCN1CCSCC1)Cc1cc[nH]n1. The van der Waals surface area contributed by atoms with Crippen molar-refractivity contribution in [3.8, 4) is 0 Å². The van der Waals surface area contributed by atoms with Gasteiger partial charge in [0.15, 0.2) is 0 Å². The average Bonchev–Trinajstić information content (AvgIpc) is 2.79. The van der Waals surface area contributed by atoms with Crippen molar-refractivity contribution in [2.24, 2.45) is 0 Å². The zero-order chi connectivity index (χ0) is 10.3. The number of unbranched alkanes of at least 4 members (excludes halogenated alkanes) is 1. The van der Waals surface area contributed by atoms with E-state index < -0.39 is 0 Å². The molecule has 0 aromatic carbocycles. The third-order valence-corrected chi connectivity index (χ3v) is 3.61. The number of thioether (sulfide) groups is 1. The summed E-state index contributed by atoms with van der Waals surface area (Å²) in [5.41, 5.74) is 1.14. The molecular weight excluding hydrogens is 206 g/mol. The number of nitrogens with one attached hydrogen (secondary N) is 1. The van der Waals surface area contributed by atoms with E-state index in [0.717, 1.165) is 12.1 Å². The molecule has 0 amide bonds. The Morgan fingerprint density at radius 3 is 3.07 bits per heavy atom. The van der Waals surface area contributed by atoms with Gasteiger partial charge < -0.3 is 4.90 Å². The quantitative estimate of drug-likeness (QED) is 0.771. The Kier molecular flexibility index (Phi) is 4.54. The van der Waals surface area contributed by atoms with Gasteiger partial charge in [0.1, 0.15) is 0 Å². The molecule has 3 nitrogen and oxygen atoms in total. The van der Waals surface area contributed by atoms with Gasteiger partial charge in [0, 0.05) is 30.8 Å². The van der Waals surface area contributed by atoms with Gasteiger partial charge in [-0.2, -0.15) is 16.9 Å². The number of hydrogen-bond donors (Lipinski definition) is 1. The number of aromatic nitrogens is 2. The Bertz CT molecular complexity index is 255. The van der Waals surface area contributed by atoms with Crippen LogP contribution >= 0.6 is 11.8 Å². The first-order valence-electron chi connectivity index (χ1n) is 5.55. The molecule has 2 rings (SSSR count). The van der Waals surface area contributed by atoms with E-state index >= 15 is 0 Å². The Morgan fingerprint density at radius 1 is 1.47 bits per heavy atom. The lowest BCUT2D eigenvalue weighted by Gasteiger charge is -2.25. The fraction of sp³-hybridized carbons (Fsp3) is 0.636. The van der Waals surface area contributed by atoms with Crippen LogP contribution in [0.5, 0.6) is 0 Å². The summed E-state index contributed by atoms with van der Waals surface area (Å²) in [5.74, 6) is 2.61. The van der Waals surface area contributed by atoms with Crippen LogP contribution in [0.15, 0.2) is 12.3 Å². The molecule has 1 aliphatic heterocycles. The summed E-state index contributed by atoms with van der Waals surface area (Å²) in [6.45, 7) is 3.74. The Labute approximate surface area is 95.6 Å². The second-order valence-electron chi connectivity index (χ2n) is 3.80. The van der Waals surface area contributed by atoms with Crippen LogP contribution in [0.4, 0.5) is 0 Å². The average molecular weight is 224 g/mol. The van der Waals surface area contributed by atoms with Gasteiger partial charge in [0.25, 0.3) is 0 Å². The molecule has 0 unspecified atom stereocenters. The first-order chi connectivity index (χ1) is 7.45. The monoisotopic (exact) mass is 224 g/mol. The van der Waals surface area contributed by atoms with E-state index in [-0.39, 0.29) is 0 Å². The van der Waals surface area contributed by atoms with E-state index in [1.807, 2.05) is 12.3 Å². The first-order valence-corrected chi connectivity index (χ1v) is 6.71. The maximum atomic E-state index is 4.13. The number of nitrogens with zero attached hydrogens (tertiary/aromatic N) is 2. The minimum absolute atomic E-state index is 0.992. The second kappa shape index (κ2) is 6.18. The van der Waals surface area contributed by atoms with Gasteiger partial charge in [-0.1, -0.05) is 0 Å². The van der Waals surface area contributed by atoms with Gasteiger partial charge in [-0.15, -0.1) is 0 Å². The van der Waals surface area contributed by atoms with Crippen molar-refractivity contribution >= 4 is 11.8 Å². The summed E-state index contributed by atoms with van der Waals surface area (Å²) in [6.07, 6.45) is 6.38. The van der Waals surface area contributed by atoms with Crippen molar-refractivity contribution in [1.29, 1.82) is 0 Å². The standard InChI is InChI=1S/C11H18N3S/c1(3-11-4-5-12-13-11)2-6-14-7-9-15-10-8-14/h1,4-5H,2-3,6-10H2,(H,12,13). The molecule has 0 atom stereocenters.